The number of rotatable bonds is 7. The lowest BCUT2D eigenvalue weighted by molar-refractivity contribution is -0.149. The van der Waals surface area contributed by atoms with E-state index in [0.29, 0.717) is 12.8 Å². The van der Waals surface area contributed by atoms with Crippen LogP contribution >= 0.6 is 0 Å². The molecule has 1 saturated carbocycles. The van der Waals surface area contributed by atoms with E-state index in [0.717, 1.165) is 19.3 Å². The first kappa shape index (κ1) is 20.0. The molecule has 144 valence electrons. The summed E-state index contributed by atoms with van der Waals surface area (Å²) in [6.45, 7) is 5.66. The predicted octanol–water partition coefficient (Wildman–Crippen LogP) is 2.42. The van der Waals surface area contributed by atoms with E-state index in [1.807, 2.05) is 13.8 Å². The van der Waals surface area contributed by atoms with Crippen molar-refractivity contribution in [3.63, 3.8) is 0 Å². The molecule has 1 aliphatic carbocycles. The molecule has 0 aromatic carbocycles. The average molecular weight is 364 g/mol. The minimum absolute atomic E-state index is 0.126. The molecule has 0 aliphatic heterocycles. The highest BCUT2D eigenvalue weighted by atomic mass is 16.5. The summed E-state index contributed by atoms with van der Waals surface area (Å²) < 4.78 is 10.2. The summed E-state index contributed by atoms with van der Waals surface area (Å²) in [5, 5.41) is 5.66. The van der Waals surface area contributed by atoms with Gasteiger partial charge in [-0.15, -0.1) is 0 Å². The van der Waals surface area contributed by atoms with Crippen LogP contribution in [0.5, 0.6) is 0 Å². The van der Waals surface area contributed by atoms with E-state index < -0.39 is 23.5 Å². The van der Waals surface area contributed by atoms with Crippen molar-refractivity contribution >= 4 is 17.8 Å². The summed E-state index contributed by atoms with van der Waals surface area (Å²) in [5.41, 5.74) is -1.04. The average Bonchev–Trinajstić information content (AvgIpc) is 3.15. The molecule has 1 aliphatic rings. The highest BCUT2D eigenvalue weighted by Gasteiger charge is 2.43. The minimum Gasteiger partial charge on any atom is -0.464 e. The van der Waals surface area contributed by atoms with Gasteiger partial charge in [0.05, 0.1) is 12.9 Å². The van der Waals surface area contributed by atoms with Gasteiger partial charge in [0.2, 0.25) is 5.91 Å². The van der Waals surface area contributed by atoms with Gasteiger partial charge in [0.1, 0.15) is 11.6 Å². The molecule has 2 N–H and O–H groups in total. The van der Waals surface area contributed by atoms with E-state index in [1.54, 1.807) is 19.1 Å². The number of carbonyl (C=O) groups is 3. The molecule has 0 bridgehead atoms. The Hall–Kier alpha value is -2.31. The quantitative estimate of drug-likeness (QED) is 0.724. The number of hydrogen-bond acceptors (Lipinski definition) is 5. The topological polar surface area (TPSA) is 97.6 Å². The molecular weight excluding hydrogens is 336 g/mol. The van der Waals surface area contributed by atoms with E-state index in [1.165, 1.54) is 6.26 Å². The molecule has 26 heavy (non-hydrogen) atoms. The highest BCUT2D eigenvalue weighted by Crippen LogP contribution is 2.29. The first-order valence-corrected chi connectivity index (χ1v) is 9.23. The standard InChI is InChI=1S/C19H28N2O5/c1-4-25-17(23)15(13(2)3)20-18(24)19(10-6-5-7-11-19)21-16(22)14-9-8-12-26-14/h8-9,12-13,15H,4-7,10-11H2,1-3H3,(H,20,24)(H,21,22)/t15-/m0/s1. The Morgan fingerprint density at radius 3 is 2.46 bits per heavy atom. The molecule has 1 aromatic rings. The number of hydrogen-bond donors (Lipinski definition) is 2. The number of nitrogens with one attached hydrogen (secondary N) is 2. The Bertz CT molecular complexity index is 618. The lowest BCUT2D eigenvalue weighted by atomic mass is 9.80. The van der Waals surface area contributed by atoms with Gasteiger partial charge in [-0.1, -0.05) is 33.1 Å². The van der Waals surface area contributed by atoms with Gasteiger partial charge >= 0.3 is 5.97 Å². The molecule has 0 unspecified atom stereocenters. The van der Waals surface area contributed by atoms with E-state index in [9.17, 15) is 14.4 Å². The molecule has 0 spiro atoms. The fourth-order valence-corrected chi connectivity index (χ4v) is 3.26. The second-order valence-electron chi connectivity index (χ2n) is 7.02. The van der Waals surface area contributed by atoms with Gasteiger partial charge in [0.15, 0.2) is 5.76 Å². The molecule has 1 atom stereocenters. The van der Waals surface area contributed by atoms with E-state index >= 15 is 0 Å². The lowest BCUT2D eigenvalue weighted by Gasteiger charge is -2.37. The van der Waals surface area contributed by atoms with Gasteiger partial charge in [0, 0.05) is 0 Å². The van der Waals surface area contributed by atoms with Crippen molar-refractivity contribution in [1.29, 1.82) is 0 Å². The Labute approximate surface area is 153 Å². The van der Waals surface area contributed by atoms with Crippen molar-refractivity contribution in [1.82, 2.24) is 10.6 Å². The van der Waals surface area contributed by atoms with Crippen molar-refractivity contribution in [2.45, 2.75) is 64.5 Å². The van der Waals surface area contributed by atoms with Crippen LogP contribution in [0.3, 0.4) is 0 Å². The fraction of sp³-hybridized carbons (Fsp3) is 0.632. The van der Waals surface area contributed by atoms with Crippen LogP contribution in [0, 0.1) is 5.92 Å². The van der Waals surface area contributed by atoms with Gasteiger partial charge < -0.3 is 19.8 Å². The fourth-order valence-electron chi connectivity index (χ4n) is 3.26. The van der Waals surface area contributed by atoms with Crippen LogP contribution in [0.15, 0.2) is 22.8 Å². The zero-order chi connectivity index (χ0) is 19.2. The smallest absolute Gasteiger partial charge is 0.328 e. The summed E-state index contributed by atoms with van der Waals surface area (Å²) in [6.07, 6.45) is 5.14. The van der Waals surface area contributed by atoms with Gasteiger partial charge in [-0.05, 0) is 37.8 Å². The summed E-state index contributed by atoms with van der Waals surface area (Å²) in [4.78, 5) is 37.7. The first-order chi connectivity index (χ1) is 12.4. The third-order valence-electron chi connectivity index (χ3n) is 4.73. The Kier molecular flexibility index (Phi) is 6.83. The second-order valence-corrected chi connectivity index (χ2v) is 7.02. The number of esters is 1. The van der Waals surface area contributed by atoms with Gasteiger partial charge in [0.25, 0.3) is 5.91 Å². The second kappa shape index (κ2) is 8.87. The SMILES string of the molecule is CCOC(=O)[C@@H](NC(=O)C1(NC(=O)c2ccco2)CCCCC1)C(C)C. The molecule has 0 radical (unpaired) electrons. The Morgan fingerprint density at radius 2 is 1.92 bits per heavy atom. The van der Waals surface area contributed by atoms with Crippen LogP contribution in [0.25, 0.3) is 0 Å². The minimum atomic E-state index is -1.04. The summed E-state index contributed by atoms with van der Waals surface area (Å²) in [5.74, 6) is -1.19. The maximum Gasteiger partial charge on any atom is 0.328 e. The largest absolute Gasteiger partial charge is 0.464 e. The molecule has 2 amide bonds. The van der Waals surface area contributed by atoms with Crippen LogP contribution < -0.4 is 10.6 Å². The number of ether oxygens (including phenoxy) is 1. The third-order valence-corrected chi connectivity index (χ3v) is 4.73. The van der Waals surface area contributed by atoms with Crippen LogP contribution in [0.1, 0.15) is 63.4 Å². The zero-order valence-corrected chi connectivity index (χ0v) is 15.7. The normalized spacial score (nSPS) is 17.4. The van der Waals surface area contributed by atoms with Gasteiger partial charge in [-0.2, -0.15) is 0 Å². The van der Waals surface area contributed by atoms with Crippen molar-refractivity contribution in [3.05, 3.63) is 24.2 Å². The van der Waals surface area contributed by atoms with Gasteiger partial charge in [-0.3, -0.25) is 9.59 Å². The number of carbonyl (C=O) groups excluding carboxylic acids is 3. The Balaban J connectivity index is 2.17. The number of amides is 2. The van der Waals surface area contributed by atoms with Crippen molar-refractivity contribution in [3.8, 4) is 0 Å². The molecule has 7 nitrogen and oxygen atoms in total. The van der Waals surface area contributed by atoms with Crippen LogP contribution in [-0.2, 0) is 14.3 Å². The molecular formula is C19H28N2O5. The van der Waals surface area contributed by atoms with Crippen LogP contribution in [-0.4, -0.2) is 36.0 Å². The van der Waals surface area contributed by atoms with Crippen LogP contribution in [0.2, 0.25) is 0 Å². The van der Waals surface area contributed by atoms with Crippen molar-refractivity contribution < 1.29 is 23.5 Å². The highest BCUT2D eigenvalue weighted by molar-refractivity contribution is 5.98. The van der Waals surface area contributed by atoms with Crippen LogP contribution in [0.4, 0.5) is 0 Å². The first-order valence-electron chi connectivity index (χ1n) is 9.23. The zero-order valence-electron chi connectivity index (χ0n) is 15.7. The molecule has 7 heteroatoms. The van der Waals surface area contributed by atoms with E-state index in [-0.39, 0.29) is 24.2 Å². The molecule has 1 fully saturated rings. The Morgan fingerprint density at radius 1 is 1.23 bits per heavy atom. The molecule has 1 heterocycles. The molecule has 2 rings (SSSR count). The maximum atomic E-state index is 13.1. The van der Waals surface area contributed by atoms with Gasteiger partial charge in [-0.25, -0.2) is 4.79 Å². The van der Waals surface area contributed by atoms with Crippen molar-refractivity contribution in [2.24, 2.45) is 5.92 Å². The molecule has 0 saturated heterocycles. The summed E-state index contributed by atoms with van der Waals surface area (Å²) in [7, 11) is 0. The number of furan rings is 1. The maximum absolute atomic E-state index is 13.1. The summed E-state index contributed by atoms with van der Waals surface area (Å²) >= 11 is 0. The van der Waals surface area contributed by atoms with Crippen molar-refractivity contribution in [2.75, 3.05) is 6.61 Å². The van der Waals surface area contributed by atoms with E-state index in [2.05, 4.69) is 10.6 Å². The third kappa shape index (κ3) is 4.65. The summed E-state index contributed by atoms with van der Waals surface area (Å²) in [6, 6.07) is 2.43. The molecule has 1 aromatic heterocycles. The lowest BCUT2D eigenvalue weighted by Crippen LogP contribution is -2.62. The van der Waals surface area contributed by atoms with E-state index in [4.69, 9.17) is 9.15 Å². The predicted molar refractivity (Wildman–Crippen MR) is 95.4 cm³/mol. The monoisotopic (exact) mass is 364 g/mol.